The molecule has 0 saturated carbocycles. The summed E-state index contributed by atoms with van der Waals surface area (Å²) >= 11 is 0. The van der Waals surface area contributed by atoms with Crippen molar-refractivity contribution in [3.63, 3.8) is 0 Å². The van der Waals surface area contributed by atoms with Crippen LogP contribution in [0.1, 0.15) is 52.6 Å². The van der Waals surface area contributed by atoms with Gasteiger partial charge >= 0.3 is 11.5 Å². The summed E-state index contributed by atoms with van der Waals surface area (Å²) in [5.74, 6) is -0.889. The topological polar surface area (TPSA) is 64.8 Å². The number of rotatable bonds is 2. The van der Waals surface area contributed by atoms with Gasteiger partial charge in [0.2, 0.25) is 0 Å². The molecule has 0 aliphatic heterocycles. The number of carbonyl (C=O) groups excluding carboxylic acids is 3. The van der Waals surface area contributed by atoms with Crippen LogP contribution in [0.5, 0.6) is 0 Å². The van der Waals surface area contributed by atoms with E-state index in [2.05, 4.69) is 4.85 Å². The molecule has 0 bridgehead atoms. The first-order chi connectivity index (χ1) is 12.8. The van der Waals surface area contributed by atoms with Crippen LogP contribution in [-0.2, 0) is 22.4 Å². The maximum Gasteiger partial charge on any atom is 0.394 e. The first kappa shape index (κ1) is 17.4. The summed E-state index contributed by atoms with van der Waals surface area (Å²) in [6, 6.07) is 7.08. The Morgan fingerprint density at radius 1 is 1.04 bits per heavy atom. The second-order valence-electron chi connectivity index (χ2n) is 7.80. The van der Waals surface area contributed by atoms with Gasteiger partial charge in [0, 0.05) is 16.5 Å². The van der Waals surface area contributed by atoms with Gasteiger partial charge in [-0.3, -0.25) is 14.4 Å². The van der Waals surface area contributed by atoms with Gasteiger partial charge in [0.25, 0.3) is 0 Å². The molecule has 0 unspecified atom stereocenters. The predicted octanol–water partition coefficient (Wildman–Crippen LogP) is 3.56. The largest absolute Gasteiger partial charge is 0.460 e. The van der Waals surface area contributed by atoms with E-state index in [0.717, 1.165) is 16.5 Å². The standard InChI is InChI=1S/C22H19NO4/c1-5-27-20(26)22(23-4)10-12-6-8-14-17-15(9-7-13(11-22)16(12)17)19(25)21(2,3)18(14)24/h6-9H,5,10-11H2,1-3H3. The molecule has 5 heteroatoms. The van der Waals surface area contributed by atoms with Gasteiger partial charge in [-0.05, 0) is 37.3 Å². The van der Waals surface area contributed by atoms with Crippen LogP contribution in [0, 0.1) is 12.0 Å². The van der Waals surface area contributed by atoms with E-state index < -0.39 is 16.9 Å². The summed E-state index contributed by atoms with van der Waals surface area (Å²) in [7, 11) is 0. The molecule has 4 rings (SSSR count). The number of benzene rings is 2. The van der Waals surface area contributed by atoms with E-state index >= 15 is 0 Å². The Bertz CT molecular complexity index is 1020. The van der Waals surface area contributed by atoms with Crippen LogP contribution in [0.3, 0.4) is 0 Å². The fraction of sp³-hybridized carbons (Fsp3) is 0.364. The molecule has 0 aromatic heterocycles. The molecular formula is C22H19NO4. The maximum atomic E-state index is 12.9. The molecule has 0 fully saturated rings. The number of hydrogen-bond acceptors (Lipinski definition) is 4. The van der Waals surface area contributed by atoms with Crippen molar-refractivity contribution in [2.24, 2.45) is 5.41 Å². The van der Waals surface area contributed by atoms with Crippen LogP contribution in [0.15, 0.2) is 24.3 Å². The zero-order valence-corrected chi connectivity index (χ0v) is 15.5. The minimum atomic E-state index is -1.30. The van der Waals surface area contributed by atoms with Crippen LogP contribution >= 0.6 is 0 Å². The highest BCUT2D eigenvalue weighted by Gasteiger charge is 2.51. The molecule has 2 aliphatic carbocycles. The number of ether oxygens (including phenoxy) is 1. The molecule has 136 valence electrons. The van der Waals surface area contributed by atoms with Crippen LogP contribution < -0.4 is 0 Å². The van der Waals surface area contributed by atoms with Gasteiger partial charge in [-0.25, -0.2) is 11.4 Å². The monoisotopic (exact) mass is 361 g/mol. The summed E-state index contributed by atoms with van der Waals surface area (Å²) in [6.45, 7) is 12.9. The summed E-state index contributed by atoms with van der Waals surface area (Å²) in [6.07, 6.45) is 0.433. The normalized spacial score (nSPS) is 18.9. The van der Waals surface area contributed by atoms with Gasteiger partial charge in [0.05, 0.1) is 24.9 Å². The lowest BCUT2D eigenvalue weighted by atomic mass is 9.68. The van der Waals surface area contributed by atoms with E-state index in [9.17, 15) is 14.4 Å². The van der Waals surface area contributed by atoms with Crippen LogP contribution in [0.25, 0.3) is 15.6 Å². The highest BCUT2D eigenvalue weighted by atomic mass is 16.5. The van der Waals surface area contributed by atoms with Gasteiger partial charge in [-0.2, -0.15) is 0 Å². The van der Waals surface area contributed by atoms with Crippen molar-refractivity contribution in [3.8, 4) is 0 Å². The van der Waals surface area contributed by atoms with Gasteiger partial charge in [-0.15, -0.1) is 0 Å². The van der Waals surface area contributed by atoms with Gasteiger partial charge in [-0.1, -0.05) is 24.3 Å². The molecule has 0 radical (unpaired) electrons. The van der Waals surface area contributed by atoms with Crippen molar-refractivity contribution >= 4 is 28.3 Å². The maximum absolute atomic E-state index is 12.9. The fourth-order valence-electron chi connectivity index (χ4n) is 4.32. The Morgan fingerprint density at radius 2 is 1.56 bits per heavy atom. The molecule has 2 aromatic rings. The van der Waals surface area contributed by atoms with Crippen molar-refractivity contribution in [1.29, 1.82) is 0 Å². The van der Waals surface area contributed by atoms with Crippen LogP contribution in [0.4, 0.5) is 0 Å². The molecule has 0 N–H and O–H groups in total. The first-order valence-corrected chi connectivity index (χ1v) is 9.00. The minimum Gasteiger partial charge on any atom is -0.460 e. The molecule has 5 nitrogen and oxygen atoms in total. The Labute approximate surface area is 157 Å². The molecular weight excluding hydrogens is 342 g/mol. The quantitative estimate of drug-likeness (QED) is 0.466. The highest BCUT2D eigenvalue weighted by Crippen LogP contribution is 2.44. The van der Waals surface area contributed by atoms with E-state index in [1.165, 1.54) is 0 Å². The van der Waals surface area contributed by atoms with Gasteiger partial charge < -0.3 is 4.74 Å². The number of nitrogens with zero attached hydrogens (tertiary/aromatic N) is 1. The third-order valence-electron chi connectivity index (χ3n) is 5.79. The van der Waals surface area contributed by atoms with Crippen molar-refractivity contribution < 1.29 is 19.1 Å². The van der Waals surface area contributed by atoms with E-state index in [-0.39, 0.29) is 31.0 Å². The van der Waals surface area contributed by atoms with E-state index in [0.29, 0.717) is 16.5 Å². The zero-order valence-electron chi connectivity index (χ0n) is 15.5. The molecule has 2 aromatic carbocycles. The number of hydrogen-bond donors (Lipinski definition) is 0. The lowest BCUT2D eigenvalue weighted by molar-refractivity contribution is -0.148. The summed E-state index contributed by atoms with van der Waals surface area (Å²) in [5, 5.41) is 1.51. The lowest BCUT2D eigenvalue weighted by Crippen LogP contribution is -2.44. The number of esters is 1. The van der Waals surface area contributed by atoms with E-state index in [4.69, 9.17) is 11.3 Å². The Balaban J connectivity index is 1.98. The van der Waals surface area contributed by atoms with E-state index in [1.807, 2.05) is 12.1 Å². The predicted molar refractivity (Wildman–Crippen MR) is 99.8 cm³/mol. The van der Waals surface area contributed by atoms with Crippen LogP contribution in [0.2, 0.25) is 0 Å². The molecule has 0 saturated heterocycles. The number of Topliss-reactive ketones (excluding diaryl/α,β-unsaturated/α-hetero) is 2. The fourth-order valence-corrected chi connectivity index (χ4v) is 4.32. The smallest absolute Gasteiger partial charge is 0.394 e. The Morgan fingerprint density at radius 3 is 2.00 bits per heavy atom. The second kappa shape index (κ2) is 5.50. The van der Waals surface area contributed by atoms with Crippen molar-refractivity contribution in [2.45, 2.75) is 39.2 Å². The molecule has 0 heterocycles. The number of carbonyl (C=O) groups is 3. The zero-order chi connectivity index (χ0) is 19.6. The molecule has 27 heavy (non-hydrogen) atoms. The first-order valence-electron chi connectivity index (χ1n) is 9.00. The highest BCUT2D eigenvalue weighted by molar-refractivity contribution is 6.32. The average molecular weight is 361 g/mol. The number of ketones is 2. The Kier molecular flexibility index (Phi) is 3.55. The second-order valence-corrected chi connectivity index (χ2v) is 7.80. The van der Waals surface area contributed by atoms with Crippen molar-refractivity contribution in [3.05, 3.63) is 57.9 Å². The van der Waals surface area contributed by atoms with Crippen molar-refractivity contribution in [1.82, 2.24) is 0 Å². The minimum absolute atomic E-state index is 0.184. The van der Waals surface area contributed by atoms with Crippen molar-refractivity contribution in [2.75, 3.05) is 6.61 Å². The third-order valence-corrected chi connectivity index (χ3v) is 5.79. The van der Waals surface area contributed by atoms with Crippen LogP contribution in [-0.4, -0.2) is 29.7 Å². The molecule has 0 spiro atoms. The molecule has 0 atom stereocenters. The van der Waals surface area contributed by atoms with Gasteiger partial charge in [0.15, 0.2) is 11.6 Å². The summed E-state index contributed by atoms with van der Waals surface area (Å²) in [4.78, 5) is 42.0. The lowest BCUT2D eigenvalue weighted by Gasteiger charge is -2.32. The molecule has 0 amide bonds. The summed E-state index contributed by atoms with van der Waals surface area (Å²) in [5.41, 5.74) is 0.319. The van der Waals surface area contributed by atoms with Gasteiger partial charge in [0.1, 0.15) is 0 Å². The average Bonchev–Trinajstić information content (AvgIpc) is 2.66. The van der Waals surface area contributed by atoms with E-state index in [1.54, 1.807) is 32.9 Å². The molecule has 2 aliphatic rings. The SMILES string of the molecule is [C-]#[N+]C1(C(=O)OCC)Cc2ccc3c4c(ccc(c24)C1)C(=O)C(C)(C)C3=O. The third kappa shape index (κ3) is 2.13. The summed E-state index contributed by atoms with van der Waals surface area (Å²) < 4.78 is 5.17. The Hall–Kier alpha value is -3.00.